The molecule has 148 valence electrons. The van der Waals surface area contributed by atoms with Gasteiger partial charge >= 0.3 is 0 Å². The zero-order chi connectivity index (χ0) is 20.4. The first-order chi connectivity index (χ1) is 14.0. The van der Waals surface area contributed by atoms with E-state index in [1.54, 1.807) is 29.2 Å². The van der Waals surface area contributed by atoms with Crippen molar-refractivity contribution in [3.63, 3.8) is 0 Å². The first kappa shape index (κ1) is 18.7. The molecule has 0 spiro atoms. The van der Waals surface area contributed by atoms with Gasteiger partial charge < -0.3 is 9.80 Å². The van der Waals surface area contributed by atoms with E-state index < -0.39 is 11.6 Å². The molecule has 0 N–H and O–H groups in total. The summed E-state index contributed by atoms with van der Waals surface area (Å²) in [6.07, 6.45) is 1.46. The maximum absolute atomic E-state index is 13.4. The second-order valence-corrected chi connectivity index (χ2v) is 6.51. The molecular weight excluding hydrogens is 382 g/mol. The Labute approximate surface area is 164 Å². The molecule has 2 amide bonds. The summed E-state index contributed by atoms with van der Waals surface area (Å²) in [6, 6.07) is 9.95. The highest BCUT2D eigenvalue weighted by atomic mass is 19.2. The summed E-state index contributed by atoms with van der Waals surface area (Å²) in [4.78, 5) is 28.4. The van der Waals surface area contributed by atoms with E-state index in [4.69, 9.17) is 0 Å². The van der Waals surface area contributed by atoms with Crippen LogP contribution < -0.4 is 0 Å². The van der Waals surface area contributed by atoms with Crippen LogP contribution in [0.5, 0.6) is 0 Å². The zero-order valence-corrected chi connectivity index (χ0v) is 15.2. The second kappa shape index (κ2) is 7.74. The Morgan fingerprint density at radius 1 is 0.793 bits per heavy atom. The van der Waals surface area contributed by atoms with Gasteiger partial charge in [-0.3, -0.25) is 9.59 Å². The number of rotatable bonds is 3. The van der Waals surface area contributed by atoms with Crippen molar-refractivity contribution in [3.05, 3.63) is 71.6 Å². The Bertz CT molecular complexity index is 1030. The van der Waals surface area contributed by atoms with Gasteiger partial charge in [-0.15, -0.1) is 5.10 Å². The largest absolute Gasteiger partial charge is 0.335 e. The normalized spacial score (nSPS) is 14.1. The average Bonchev–Trinajstić information content (AvgIpc) is 3.30. The topological polar surface area (TPSA) is 84.2 Å². The van der Waals surface area contributed by atoms with E-state index >= 15 is 0 Å². The summed E-state index contributed by atoms with van der Waals surface area (Å²) < 4.78 is 27.9. The highest BCUT2D eigenvalue weighted by Gasteiger charge is 2.26. The lowest BCUT2D eigenvalue weighted by molar-refractivity contribution is 0.0535. The smallest absolute Gasteiger partial charge is 0.254 e. The van der Waals surface area contributed by atoms with Crippen LogP contribution in [0.4, 0.5) is 8.78 Å². The van der Waals surface area contributed by atoms with Gasteiger partial charge in [-0.2, -0.15) is 0 Å². The Balaban J connectivity index is 1.38. The second-order valence-electron chi connectivity index (χ2n) is 6.51. The van der Waals surface area contributed by atoms with Crippen molar-refractivity contribution in [3.8, 4) is 5.69 Å². The van der Waals surface area contributed by atoms with E-state index in [1.807, 2.05) is 0 Å². The summed E-state index contributed by atoms with van der Waals surface area (Å²) in [5.74, 6) is -2.59. The van der Waals surface area contributed by atoms with Crippen molar-refractivity contribution in [2.45, 2.75) is 0 Å². The number of hydrogen-bond donors (Lipinski definition) is 0. The number of piperazine rings is 1. The molecule has 8 nitrogen and oxygen atoms in total. The molecule has 4 rings (SSSR count). The first-order valence-electron chi connectivity index (χ1n) is 8.90. The van der Waals surface area contributed by atoms with Gasteiger partial charge in [0.2, 0.25) is 0 Å². The van der Waals surface area contributed by atoms with Crippen molar-refractivity contribution >= 4 is 11.8 Å². The molecule has 0 bridgehead atoms. The number of nitrogens with zero attached hydrogens (tertiary/aromatic N) is 6. The Morgan fingerprint density at radius 3 is 1.93 bits per heavy atom. The van der Waals surface area contributed by atoms with Crippen LogP contribution in [0.2, 0.25) is 0 Å². The maximum atomic E-state index is 13.4. The van der Waals surface area contributed by atoms with E-state index in [-0.39, 0.29) is 17.4 Å². The summed E-state index contributed by atoms with van der Waals surface area (Å²) in [6.45, 7) is 1.32. The standard InChI is InChI=1S/C19H16F2N6O2/c20-16-6-3-14(11-17(16)21)19(29)26-9-7-25(8-10-26)18(28)13-1-4-15(5-2-13)27-12-22-23-24-27/h1-6,11-12H,7-10H2. The van der Waals surface area contributed by atoms with Crippen molar-refractivity contribution in [2.75, 3.05) is 26.2 Å². The lowest BCUT2D eigenvalue weighted by atomic mass is 10.1. The molecular formula is C19H16F2N6O2. The van der Waals surface area contributed by atoms with Crippen LogP contribution >= 0.6 is 0 Å². The number of hydrogen-bond acceptors (Lipinski definition) is 5. The predicted molar refractivity (Wildman–Crippen MR) is 97.3 cm³/mol. The molecule has 2 heterocycles. The number of benzene rings is 2. The Kier molecular flexibility index (Phi) is 4.98. The minimum Gasteiger partial charge on any atom is -0.335 e. The molecule has 10 heteroatoms. The van der Waals surface area contributed by atoms with Crippen LogP contribution in [-0.4, -0.2) is 68.0 Å². The van der Waals surface area contributed by atoms with E-state index in [9.17, 15) is 18.4 Å². The highest BCUT2D eigenvalue weighted by molar-refractivity contribution is 5.96. The van der Waals surface area contributed by atoms with Gasteiger partial charge in [-0.25, -0.2) is 13.5 Å². The molecule has 0 aliphatic carbocycles. The van der Waals surface area contributed by atoms with Crippen molar-refractivity contribution in [1.29, 1.82) is 0 Å². The molecule has 29 heavy (non-hydrogen) atoms. The molecule has 1 aliphatic rings. The predicted octanol–water partition coefficient (Wildman–Crippen LogP) is 1.54. The zero-order valence-electron chi connectivity index (χ0n) is 15.2. The number of carbonyl (C=O) groups is 2. The Morgan fingerprint density at radius 2 is 1.38 bits per heavy atom. The summed E-state index contributed by atoms with van der Waals surface area (Å²) in [5.41, 5.74) is 1.33. The van der Waals surface area contributed by atoms with E-state index in [0.717, 1.165) is 17.8 Å². The number of aromatic nitrogens is 4. The van der Waals surface area contributed by atoms with Gasteiger partial charge in [0.15, 0.2) is 11.6 Å². The lowest BCUT2D eigenvalue weighted by Crippen LogP contribution is -2.50. The minimum atomic E-state index is -1.06. The fourth-order valence-corrected chi connectivity index (χ4v) is 3.14. The molecule has 0 saturated carbocycles. The van der Waals surface area contributed by atoms with Gasteiger partial charge in [0, 0.05) is 37.3 Å². The third-order valence-electron chi connectivity index (χ3n) is 4.75. The maximum Gasteiger partial charge on any atom is 0.254 e. The van der Waals surface area contributed by atoms with Crippen LogP contribution in [0.15, 0.2) is 48.8 Å². The van der Waals surface area contributed by atoms with E-state index in [0.29, 0.717) is 31.7 Å². The molecule has 1 aromatic heterocycles. The van der Waals surface area contributed by atoms with Gasteiger partial charge in [0.25, 0.3) is 11.8 Å². The molecule has 1 saturated heterocycles. The molecule has 1 fully saturated rings. The van der Waals surface area contributed by atoms with Crippen LogP contribution in [0.25, 0.3) is 5.69 Å². The van der Waals surface area contributed by atoms with Crippen molar-refractivity contribution < 1.29 is 18.4 Å². The summed E-state index contributed by atoms with van der Waals surface area (Å²) >= 11 is 0. The third-order valence-corrected chi connectivity index (χ3v) is 4.75. The SMILES string of the molecule is O=C(c1ccc(-n2cnnn2)cc1)N1CCN(C(=O)c2ccc(F)c(F)c2)CC1. The van der Waals surface area contributed by atoms with Crippen LogP contribution in [0, 0.1) is 11.6 Å². The van der Waals surface area contributed by atoms with Crippen LogP contribution in [0.3, 0.4) is 0 Å². The highest BCUT2D eigenvalue weighted by Crippen LogP contribution is 2.15. The Hall–Kier alpha value is -3.69. The molecule has 0 unspecified atom stereocenters. The lowest BCUT2D eigenvalue weighted by Gasteiger charge is -2.35. The van der Waals surface area contributed by atoms with Crippen LogP contribution in [0.1, 0.15) is 20.7 Å². The molecule has 0 atom stereocenters. The number of halogens is 2. The summed E-state index contributed by atoms with van der Waals surface area (Å²) in [5, 5.41) is 10.9. The van der Waals surface area contributed by atoms with Gasteiger partial charge in [0.1, 0.15) is 6.33 Å². The van der Waals surface area contributed by atoms with Gasteiger partial charge in [-0.05, 0) is 52.9 Å². The van der Waals surface area contributed by atoms with Crippen LogP contribution in [-0.2, 0) is 0 Å². The quantitative estimate of drug-likeness (QED) is 0.668. The number of carbonyl (C=O) groups excluding carboxylic acids is 2. The first-order valence-corrected chi connectivity index (χ1v) is 8.90. The summed E-state index contributed by atoms with van der Waals surface area (Å²) in [7, 11) is 0. The van der Waals surface area contributed by atoms with Crippen molar-refractivity contribution in [1.82, 2.24) is 30.0 Å². The molecule has 3 aromatic rings. The van der Waals surface area contributed by atoms with Crippen molar-refractivity contribution in [2.24, 2.45) is 0 Å². The molecule has 0 radical (unpaired) electrons. The van der Waals surface area contributed by atoms with E-state index in [1.165, 1.54) is 22.0 Å². The molecule has 2 aromatic carbocycles. The third kappa shape index (κ3) is 3.82. The average molecular weight is 398 g/mol. The number of tetrazole rings is 1. The molecule has 1 aliphatic heterocycles. The van der Waals surface area contributed by atoms with Gasteiger partial charge in [-0.1, -0.05) is 0 Å². The fraction of sp³-hybridized carbons (Fsp3) is 0.211. The monoisotopic (exact) mass is 398 g/mol. The van der Waals surface area contributed by atoms with E-state index in [2.05, 4.69) is 15.5 Å². The number of amides is 2. The minimum absolute atomic E-state index is 0.0851. The fourth-order valence-electron chi connectivity index (χ4n) is 3.14. The van der Waals surface area contributed by atoms with Gasteiger partial charge in [0.05, 0.1) is 5.69 Å².